The molecule has 1 heterocycles. The molecule has 23 heavy (non-hydrogen) atoms. The van der Waals surface area contributed by atoms with Crippen LogP contribution in [-0.2, 0) is 10.3 Å². The van der Waals surface area contributed by atoms with Crippen molar-refractivity contribution in [2.24, 2.45) is 0 Å². The number of carbonyl (C=O) groups excluding carboxylic acids is 2. The number of hydrogen-bond donors (Lipinski definition) is 1. The number of nitrogens with zero attached hydrogens (tertiary/aromatic N) is 2. The summed E-state index contributed by atoms with van der Waals surface area (Å²) in [5.41, 5.74) is -0.290. The van der Waals surface area contributed by atoms with Crippen LogP contribution in [0.15, 0.2) is 42.5 Å². The molecule has 1 N–H and O–H groups in total. The highest BCUT2D eigenvalue weighted by Crippen LogP contribution is 2.33. The second-order valence-corrected chi connectivity index (χ2v) is 5.80. The van der Waals surface area contributed by atoms with Crippen molar-refractivity contribution < 1.29 is 9.59 Å². The van der Waals surface area contributed by atoms with Crippen molar-refractivity contribution >= 4 is 22.7 Å². The minimum atomic E-state index is -1.08. The first-order valence-electron chi connectivity index (χ1n) is 7.57. The van der Waals surface area contributed by atoms with Crippen LogP contribution in [-0.4, -0.2) is 23.4 Å². The largest absolute Gasteiger partial charge is 0.325 e. The summed E-state index contributed by atoms with van der Waals surface area (Å²) in [6.45, 7) is 2.00. The van der Waals surface area contributed by atoms with Crippen molar-refractivity contribution in [3.8, 4) is 6.07 Å². The van der Waals surface area contributed by atoms with Gasteiger partial charge in [0.15, 0.2) is 0 Å². The average molecular weight is 307 g/mol. The summed E-state index contributed by atoms with van der Waals surface area (Å²) in [5.74, 6) is -0.267. The van der Waals surface area contributed by atoms with Crippen molar-refractivity contribution in [2.75, 3.05) is 6.54 Å². The first-order valence-corrected chi connectivity index (χ1v) is 7.57. The molecule has 5 heteroatoms. The second-order valence-electron chi connectivity index (χ2n) is 5.80. The van der Waals surface area contributed by atoms with Gasteiger partial charge in [-0.1, -0.05) is 42.5 Å². The predicted octanol–water partition coefficient (Wildman–Crippen LogP) is 2.91. The molecule has 0 saturated carbocycles. The molecule has 2 aromatic carbocycles. The summed E-state index contributed by atoms with van der Waals surface area (Å²) in [5, 5.41) is 13.4. The Balaban J connectivity index is 2.00. The Hall–Kier alpha value is -2.87. The third kappa shape index (κ3) is 2.42. The van der Waals surface area contributed by atoms with Crippen molar-refractivity contribution in [3.63, 3.8) is 0 Å². The molecule has 1 fully saturated rings. The number of rotatable bonds is 4. The fourth-order valence-corrected chi connectivity index (χ4v) is 3.06. The van der Waals surface area contributed by atoms with Crippen LogP contribution >= 0.6 is 0 Å². The van der Waals surface area contributed by atoms with Gasteiger partial charge < -0.3 is 5.32 Å². The Kier molecular flexibility index (Phi) is 3.75. The van der Waals surface area contributed by atoms with Crippen LogP contribution in [0.2, 0.25) is 0 Å². The number of carbonyl (C=O) groups is 2. The third-order valence-corrected chi connectivity index (χ3v) is 4.27. The molecule has 3 amide bonds. The first-order chi connectivity index (χ1) is 11.1. The van der Waals surface area contributed by atoms with Crippen LogP contribution in [0.4, 0.5) is 4.79 Å². The van der Waals surface area contributed by atoms with Crippen molar-refractivity contribution in [2.45, 2.75) is 25.3 Å². The lowest BCUT2D eigenvalue weighted by Crippen LogP contribution is -2.41. The normalized spacial score (nSPS) is 20.6. The van der Waals surface area contributed by atoms with Crippen molar-refractivity contribution in [3.05, 3.63) is 48.0 Å². The molecular formula is C18H17N3O2. The number of fused-ring (bicyclic) bond motifs is 1. The molecule has 0 bridgehead atoms. The van der Waals surface area contributed by atoms with E-state index < -0.39 is 11.6 Å². The van der Waals surface area contributed by atoms with Gasteiger partial charge >= 0.3 is 6.03 Å². The average Bonchev–Trinajstić information content (AvgIpc) is 2.78. The van der Waals surface area contributed by atoms with Gasteiger partial charge in [0.25, 0.3) is 5.91 Å². The summed E-state index contributed by atoms with van der Waals surface area (Å²) in [7, 11) is 0. The topological polar surface area (TPSA) is 73.2 Å². The Morgan fingerprint density at radius 3 is 2.70 bits per heavy atom. The van der Waals surface area contributed by atoms with E-state index in [-0.39, 0.29) is 12.5 Å². The number of imide groups is 1. The van der Waals surface area contributed by atoms with E-state index in [0.717, 1.165) is 16.3 Å². The number of amides is 3. The third-order valence-electron chi connectivity index (χ3n) is 4.27. The van der Waals surface area contributed by atoms with Gasteiger partial charge in [0.05, 0.1) is 6.07 Å². The summed E-state index contributed by atoms with van der Waals surface area (Å²) < 4.78 is 0. The van der Waals surface area contributed by atoms with Gasteiger partial charge in [-0.25, -0.2) is 4.79 Å². The maximum absolute atomic E-state index is 12.8. The number of nitrogens with one attached hydrogen (secondary N) is 1. The molecule has 2 aromatic rings. The Labute approximate surface area is 134 Å². The maximum Gasteiger partial charge on any atom is 0.325 e. The number of unbranched alkanes of at least 4 members (excludes halogenated alkanes) is 1. The fraction of sp³-hybridized carbons (Fsp3) is 0.278. The summed E-state index contributed by atoms with van der Waals surface area (Å²) in [6, 6.07) is 15.2. The van der Waals surface area contributed by atoms with Gasteiger partial charge in [-0.3, -0.25) is 9.69 Å². The highest BCUT2D eigenvalue weighted by atomic mass is 16.2. The zero-order valence-electron chi connectivity index (χ0n) is 12.9. The molecule has 1 saturated heterocycles. The van der Waals surface area contributed by atoms with Gasteiger partial charge in [0.1, 0.15) is 5.54 Å². The van der Waals surface area contributed by atoms with Crippen LogP contribution in [0.25, 0.3) is 10.8 Å². The highest BCUT2D eigenvalue weighted by Gasteiger charge is 2.49. The van der Waals surface area contributed by atoms with E-state index in [1.54, 1.807) is 6.92 Å². The molecule has 5 nitrogen and oxygen atoms in total. The molecular weight excluding hydrogens is 290 g/mol. The molecule has 0 radical (unpaired) electrons. The molecule has 1 aliphatic rings. The Morgan fingerprint density at radius 2 is 1.91 bits per heavy atom. The van der Waals surface area contributed by atoms with Gasteiger partial charge in [0.2, 0.25) is 0 Å². The van der Waals surface area contributed by atoms with E-state index in [1.807, 2.05) is 48.5 Å². The molecule has 1 unspecified atom stereocenters. The standard InChI is InChI=1S/C18H17N3O2/c1-18(15-10-6-8-13-7-2-3-9-14(13)15)16(22)21(17(23)20-18)12-5-4-11-19/h2-3,6-10H,4-5,12H2,1H3,(H,20,23). The zero-order valence-corrected chi connectivity index (χ0v) is 12.9. The van der Waals surface area contributed by atoms with Gasteiger partial charge in [-0.2, -0.15) is 5.26 Å². The SMILES string of the molecule is CC1(c2cccc3ccccc23)NC(=O)N(CCCC#N)C1=O. The molecule has 1 atom stereocenters. The summed E-state index contributed by atoms with van der Waals surface area (Å²) >= 11 is 0. The lowest BCUT2D eigenvalue weighted by molar-refractivity contribution is -0.131. The minimum absolute atomic E-state index is 0.262. The van der Waals surface area contributed by atoms with Crippen LogP contribution in [0.1, 0.15) is 25.3 Å². The Bertz CT molecular complexity index is 819. The first kappa shape index (κ1) is 15.0. The molecule has 0 aliphatic carbocycles. The number of nitriles is 1. The molecule has 0 spiro atoms. The lowest BCUT2D eigenvalue weighted by atomic mass is 9.88. The minimum Gasteiger partial charge on any atom is -0.319 e. The highest BCUT2D eigenvalue weighted by molar-refractivity contribution is 6.09. The van der Waals surface area contributed by atoms with Crippen LogP contribution in [0.5, 0.6) is 0 Å². The monoisotopic (exact) mass is 307 g/mol. The lowest BCUT2D eigenvalue weighted by Gasteiger charge is -2.24. The van der Waals surface area contributed by atoms with Crippen molar-refractivity contribution in [1.82, 2.24) is 10.2 Å². The smallest absolute Gasteiger partial charge is 0.319 e. The summed E-state index contributed by atoms with van der Waals surface area (Å²) in [6.07, 6.45) is 0.809. The number of benzene rings is 2. The van der Waals surface area contributed by atoms with Crippen LogP contribution < -0.4 is 5.32 Å². The van der Waals surface area contributed by atoms with Crippen molar-refractivity contribution in [1.29, 1.82) is 5.26 Å². The molecule has 116 valence electrons. The number of hydrogen-bond acceptors (Lipinski definition) is 3. The second kappa shape index (κ2) is 5.73. The van der Waals surface area contributed by atoms with Crippen LogP contribution in [0.3, 0.4) is 0 Å². The van der Waals surface area contributed by atoms with Gasteiger partial charge in [-0.05, 0) is 29.7 Å². The van der Waals surface area contributed by atoms with Gasteiger partial charge in [-0.15, -0.1) is 0 Å². The van der Waals surface area contributed by atoms with E-state index in [9.17, 15) is 9.59 Å². The maximum atomic E-state index is 12.8. The van der Waals surface area contributed by atoms with E-state index >= 15 is 0 Å². The number of urea groups is 1. The molecule has 1 aliphatic heterocycles. The van der Waals surface area contributed by atoms with E-state index in [4.69, 9.17) is 5.26 Å². The molecule has 0 aromatic heterocycles. The van der Waals surface area contributed by atoms with Crippen LogP contribution in [0, 0.1) is 11.3 Å². The predicted molar refractivity (Wildman–Crippen MR) is 86.4 cm³/mol. The quantitative estimate of drug-likeness (QED) is 0.697. The van der Waals surface area contributed by atoms with E-state index in [2.05, 4.69) is 5.32 Å². The zero-order chi connectivity index (χ0) is 16.4. The summed E-state index contributed by atoms with van der Waals surface area (Å²) in [4.78, 5) is 26.3. The van der Waals surface area contributed by atoms with E-state index in [1.165, 1.54) is 4.90 Å². The fourth-order valence-electron chi connectivity index (χ4n) is 3.06. The van der Waals surface area contributed by atoms with E-state index in [0.29, 0.717) is 12.8 Å². The van der Waals surface area contributed by atoms with Gasteiger partial charge in [0, 0.05) is 13.0 Å². The Morgan fingerprint density at radius 1 is 1.17 bits per heavy atom. The molecule has 3 rings (SSSR count).